The third kappa shape index (κ3) is 5.21. The fourth-order valence-electron chi connectivity index (χ4n) is 2.38. The Labute approximate surface area is 126 Å². The first-order valence-corrected chi connectivity index (χ1v) is 7.61. The number of hydrogen-bond acceptors (Lipinski definition) is 2. The first kappa shape index (κ1) is 17.2. The van der Waals surface area contributed by atoms with E-state index in [0.29, 0.717) is 12.1 Å². The molecule has 1 amide bonds. The van der Waals surface area contributed by atoms with Crippen LogP contribution in [0.4, 0.5) is 0 Å². The molecule has 0 saturated carbocycles. The topological polar surface area (TPSA) is 57.6 Å². The minimum absolute atomic E-state index is 0.0336. The highest BCUT2D eigenvalue weighted by Crippen LogP contribution is 2.13. The maximum Gasteiger partial charge on any atom is 0.305 e. The normalized spacial score (nSPS) is 12.0. The number of carboxylic acids is 1. The van der Waals surface area contributed by atoms with E-state index in [1.807, 2.05) is 31.2 Å². The summed E-state index contributed by atoms with van der Waals surface area (Å²) in [6.45, 7) is 6.29. The molecule has 0 aromatic heterocycles. The van der Waals surface area contributed by atoms with E-state index in [1.54, 1.807) is 11.8 Å². The minimum atomic E-state index is -0.885. The standard InChI is InChI=1S/C17H25NO3/c1-4-6-7-14-8-10-15(11-9-14)17(21)18(5-2)13(3)12-16(19)20/h8-11,13H,4-7,12H2,1-3H3,(H,19,20). The lowest BCUT2D eigenvalue weighted by Crippen LogP contribution is -2.39. The van der Waals surface area contributed by atoms with Gasteiger partial charge in [-0.05, 0) is 44.4 Å². The molecule has 1 atom stereocenters. The van der Waals surface area contributed by atoms with Gasteiger partial charge in [-0.25, -0.2) is 0 Å². The van der Waals surface area contributed by atoms with Gasteiger partial charge in [0.05, 0.1) is 6.42 Å². The van der Waals surface area contributed by atoms with Gasteiger partial charge in [0.15, 0.2) is 0 Å². The molecule has 1 unspecified atom stereocenters. The number of unbranched alkanes of at least 4 members (excludes halogenated alkanes) is 1. The molecule has 0 aliphatic rings. The first-order chi connectivity index (χ1) is 9.99. The number of aryl methyl sites for hydroxylation is 1. The number of amides is 1. The molecule has 0 heterocycles. The van der Waals surface area contributed by atoms with Gasteiger partial charge in [0.25, 0.3) is 5.91 Å². The number of hydrogen-bond donors (Lipinski definition) is 1. The van der Waals surface area contributed by atoms with Crippen molar-refractivity contribution >= 4 is 11.9 Å². The van der Waals surface area contributed by atoms with Crippen molar-refractivity contribution in [3.8, 4) is 0 Å². The zero-order chi connectivity index (χ0) is 15.8. The predicted molar refractivity (Wildman–Crippen MR) is 83.5 cm³/mol. The van der Waals surface area contributed by atoms with Gasteiger partial charge in [-0.2, -0.15) is 0 Å². The van der Waals surface area contributed by atoms with E-state index >= 15 is 0 Å². The molecule has 0 bridgehead atoms. The maximum absolute atomic E-state index is 12.5. The zero-order valence-electron chi connectivity index (χ0n) is 13.1. The SMILES string of the molecule is CCCCc1ccc(C(=O)N(CC)C(C)CC(=O)O)cc1. The van der Waals surface area contributed by atoms with Crippen molar-refractivity contribution in [1.29, 1.82) is 0 Å². The lowest BCUT2D eigenvalue weighted by atomic mass is 10.0. The average molecular weight is 291 g/mol. The smallest absolute Gasteiger partial charge is 0.305 e. The fourth-order valence-corrected chi connectivity index (χ4v) is 2.38. The number of carbonyl (C=O) groups is 2. The third-order valence-corrected chi connectivity index (χ3v) is 3.62. The van der Waals surface area contributed by atoms with Gasteiger partial charge >= 0.3 is 5.97 Å². The van der Waals surface area contributed by atoms with E-state index in [9.17, 15) is 9.59 Å². The van der Waals surface area contributed by atoms with E-state index in [-0.39, 0.29) is 18.4 Å². The van der Waals surface area contributed by atoms with E-state index in [2.05, 4.69) is 6.92 Å². The van der Waals surface area contributed by atoms with Crippen molar-refractivity contribution in [3.63, 3.8) is 0 Å². The second-order valence-corrected chi connectivity index (χ2v) is 5.34. The predicted octanol–water partition coefficient (Wildman–Crippen LogP) is 3.35. The van der Waals surface area contributed by atoms with Crippen LogP contribution in [-0.4, -0.2) is 34.5 Å². The largest absolute Gasteiger partial charge is 0.481 e. The van der Waals surface area contributed by atoms with Crippen LogP contribution < -0.4 is 0 Å². The Balaban J connectivity index is 2.77. The summed E-state index contributed by atoms with van der Waals surface area (Å²) in [5.74, 6) is -0.989. The van der Waals surface area contributed by atoms with Crippen LogP contribution in [0.5, 0.6) is 0 Å². The quantitative estimate of drug-likeness (QED) is 0.799. The number of carboxylic acid groups (broad SMARTS) is 1. The molecule has 0 saturated heterocycles. The van der Waals surface area contributed by atoms with E-state index < -0.39 is 5.97 Å². The monoisotopic (exact) mass is 291 g/mol. The molecule has 0 fully saturated rings. The Bertz CT molecular complexity index is 467. The first-order valence-electron chi connectivity index (χ1n) is 7.61. The number of nitrogens with zero attached hydrogens (tertiary/aromatic N) is 1. The van der Waals surface area contributed by atoms with Crippen LogP contribution in [-0.2, 0) is 11.2 Å². The van der Waals surface area contributed by atoms with Crippen LogP contribution in [0.25, 0.3) is 0 Å². The van der Waals surface area contributed by atoms with Gasteiger partial charge in [0.2, 0.25) is 0 Å². The summed E-state index contributed by atoms with van der Waals surface area (Å²) in [5, 5.41) is 8.86. The summed E-state index contributed by atoms with van der Waals surface area (Å²) in [7, 11) is 0. The number of aliphatic carboxylic acids is 1. The summed E-state index contributed by atoms with van der Waals surface area (Å²) >= 11 is 0. The summed E-state index contributed by atoms with van der Waals surface area (Å²) < 4.78 is 0. The molecule has 0 radical (unpaired) electrons. The molecule has 0 aliphatic heterocycles. The van der Waals surface area contributed by atoms with Crippen molar-refractivity contribution in [2.24, 2.45) is 0 Å². The minimum Gasteiger partial charge on any atom is -0.481 e. The molecule has 1 rings (SSSR count). The van der Waals surface area contributed by atoms with Crippen molar-refractivity contribution in [2.45, 2.75) is 52.5 Å². The Morgan fingerprint density at radius 2 is 1.81 bits per heavy atom. The van der Waals surface area contributed by atoms with Gasteiger partial charge in [-0.1, -0.05) is 25.5 Å². The van der Waals surface area contributed by atoms with E-state index in [1.165, 1.54) is 5.56 Å². The second kappa shape index (κ2) is 8.45. The molecule has 0 aliphatic carbocycles. The molecular weight excluding hydrogens is 266 g/mol. The van der Waals surface area contributed by atoms with Crippen LogP contribution in [0.3, 0.4) is 0 Å². The lowest BCUT2D eigenvalue weighted by molar-refractivity contribution is -0.138. The lowest BCUT2D eigenvalue weighted by Gasteiger charge is -2.27. The molecular formula is C17H25NO3. The molecule has 1 aromatic rings. The van der Waals surface area contributed by atoms with Crippen LogP contribution in [0.15, 0.2) is 24.3 Å². The molecule has 1 aromatic carbocycles. The average Bonchev–Trinajstić information content (AvgIpc) is 2.45. The number of rotatable bonds is 8. The van der Waals surface area contributed by atoms with Gasteiger partial charge in [-0.15, -0.1) is 0 Å². The molecule has 21 heavy (non-hydrogen) atoms. The van der Waals surface area contributed by atoms with Gasteiger partial charge in [0.1, 0.15) is 0 Å². The van der Waals surface area contributed by atoms with Crippen LogP contribution >= 0.6 is 0 Å². The highest BCUT2D eigenvalue weighted by Gasteiger charge is 2.21. The Kier molecular flexibility index (Phi) is 6.92. The molecule has 4 heteroatoms. The van der Waals surface area contributed by atoms with Gasteiger partial charge < -0.3 is 10.0 Å². The van der Waals surface area contributed by atoms with Crippen molar-refractivity contribution in [2.75, 3.05) is 6.54 Å². The van der Waals surface area contributed by atoms with Crippen LogP contribution in [0.1, 0.15) is 56.0 Å². The Morgan fingerprint density at radius 3 is 2.29 bits per heavy atom. The fraction of sp³-hybridized carbons (Fsp3) is 0.529. The van der Waals surface area contributed by atoms with Crippen molar-refractivity contribution in [3.05, 3.63) is 35.4 Å². The summed E-state index contributed by atoms with van der Waals surface area (Å²) in [4.78, 5) is 24.9. The molecule has 0 spiro atoms. The summed E-state index contributed by atoms with van der Waals surface area (Å²) in [6, 6.07) is 7.34. The van der Waals surface area contributed by atoms with Crippen molar-refractivity contribution < 1.29 is 14.7 Å². The van der Waals surface area contributed by atoms with Gasteiger partial charge in [-0.3, -0.25) is 9.59 Å². The van der Waals surface area contributed by atoms with Crippen molar-refractivity contribution in [1.82, 2.24) is 4.90 Å². The molecule has 1 N–H and O–H groups in total. The van der Waals surface area contributed by atoms with Crippen LogP contribution in [0, 0.1) is 0 Å². The molecule has 116 valence electrons. The number of carbonyl (C=O) groups excluding carboxylic acids is 1. The van der Waals surface area contributed by atoms with E-state index in [4.69, 9.17) is 5.11 Å². The highest BCUT2D eigenvalue weighted by atomic mass is 16.4. The third-order valence-electron chi connectivity index (χ3n) is 3.62. The Hall–Kier alpha value is -1.84. The molecule has 4 nitrogen and oxygen atoms in total. The Morgan fingerprint density at radius 1 is 1.19 bits per heavy atom. The zero-order valence-corrected chi connectivity index (χ0v) is 13.1. The number of benzene rings is 1. The van der Waals surface area contributed by atoms with E-state index in [0.717, 1.165) is 19.3 Å². The maximum atomic E-state index is 12.5. The summed E-state index contributed by atoms with van der Waals surface area (Å²) in [6.07, 6.45) is 3.28. The second-order valence-electron chi connectivity index (χ2n) is 5.34. The summed E-state index contributed by atoms with van der Waals surface area (Å²) in [5.41, 5.74) is 1.85. The van der Waals surface area contributed by atoms with Gasteiger partial charge in [0, 0.05) is 18.2 Å². The van der Waals surface area contributed by atoms with Crippen LogP contribution in [0.2, 0.25) is 0 Å². The highest BCUT2D eigenvalue weighted by molar-refractivity contribution is 5.94.